The number of aryl methyl sites for hydroxylation is 1. The Morgan fingerprint density at radius 3 is 2.36 bits per heavy atom. The Kier molecular flexibility index (Phi) is 6.62. The van der Waals surface area contributed by atoms with Gasteiger partial charge in [-0.1, -0.05) is 12.1 Å². The fourth-order valence-corrected chi connectivity index (χ4v) is 2.28. The van der Waals surface area contributed by atoms with Crippen LogP contribution in [0.5, 0.6) is 17.4 Å². The van der Waals surface area contributed by atoms with Crippen molar-refractivity contribution in [3.8, 4) is 17.4 Å². The van der Waals surface area contributed by atoms with Gasteiger partial charge < -0.3 is 19.9 Å². The molecule has 1 atom stereocenters. The molecule has 0 aliphatic heterocycles. The Morgan fingerprint density at radius 2 is 1.80 bits per heavy atom. The van der Waals surface area contributed by atoms with Crippen LogP contribution in [0.2, 0.25) is 0 Å². The third-order valence-electron chi connectivity index (χ3n) is 3.46. The molecule has 6 heteroatoms. The second-order valence-corrected chi connectivity index (χ2v) is 6.13. The molecule has 25 heavy (non-hydrogen) atoms. The van der Waals surface area contributed by atoms with Crippen LogP contribution >= 0.6 is 0 Å². The number of pyridine rings is 1. The molecule has 0 spiro atoms. The van der Waals surface area contributed by atoms with Crippen LogP contribution in [0.15, 0.2) is 42.6 Å². The van der Waals surface area contributed by atoms with Gasteiger partial charge in [-0.15, -0.1) is 0 Å². The lowest BCUT2D eigenvalue weighted by atomic mass is 10.1. The van der Waals surface area contributed by atoms with E-state index in [-0.39, 0.29) is 12.1 Å². The van der Waals surface area contributed by atoms with E-state index in [1.54, 1.807) is 12.3 Å². The number of nitrogens with zero attached hydrogens (tertiary/aromatic N) is 1. The van der Waals surface area contributed by atoms with Crippen LogP contribution in [0.3, 0.4) is 0 Å². The molecule has 0 aliphatic rings. The van der Waals surface area contributed by atoms with E-state index < -0.39 is 6.09 Å². The summed E-state index contributed by atoms with van der Waals surface area (Å²) in [6.07, 6.45) is 2.29. The van der Waals surface area contributed by atoms with Crippen molar-refractivity contribution in [2.45, 2.75) is 45.8 Å². The number of rotatable bonds is 8. The number of hydrogen-bond donors (Lipinski definition) is 2. The highest BCUT2D eigenvalue weighted by Crippen LogP contribution is 2.22. The van der Waals surface area contributed by atoms with Gasteiger partial charge in [0.1, 0.15) is 11.5 Å². The maximum absolute atomic E-state index is 10.6. The van der Waals surface area contributed by atoms with Crippen LogP contribution in [0.25, 0.3) is 0 Å². The van der Waals surface area contributed by atoms with E-state index in [0.717, 1.165) is 18.4 Å². The quantitative estimate of drug-likeness (QED) is 0.748. The van der Waals surface area contributed by atoms with Crippen LogP contribution in [0.1, 0.15) is 32.8 Å². The van der Waals surface area contributed by atoms with Crippen LogP contribution in [-0.4, -0.2) is 28.3 Å². The van der Waals surface area contributed by atoms with Crippen LogP contribution in [0, 0.1) is 0 Å². The van der Waals surface area contributed by atoms with Gasteiger partial charge in [0, 0.05) is 12.1 Å². The smallest absolute Gasteiger partial charge is 0.404 e. The highest BCUT2D eigenvalue weighted by Gasteiger charge is 2.06. The predicted molar refractivity (Wildman–Crippen MR) is 95.5 cm³/mol. The average Bonchev–Trinajstić information content (AvgIpc) is 2.55. The SMILES string of the molecule is CC(CCc1ccc(Oc2ccc(OC(C)C)cn2)cc1)NC(=O)O. The monoisotopic (exact) mass is 344 g/mol. The second-order valence-electron chi connectivity index (χ2n) is 6.13. The molecule has 1 amide bonds. The van der Waals surface area contributed by atoms with E-state index in [2.05, 4.69) is 10.3 Å². The molecule has 0 bridgehead atoms. The standard InChI is InChI=1S/C19H24N2O4/c1-13(2)24-17-10-11-18(20-12-17)25-16-8-6-15(7-9-16)5-4-14(3)21-19(22)23/h6-14,21H,4-5H2,1-3H3,(H,22,23). The van der Waals surface area contributed by atoms with Crippen molar-refractivity contribution < 1.29 is 19.4 Å². The molecule has 134 valence electrons. The number of carboxylic acid groups (broad SMARTS) is 1. The molecule has 0 aliphatic carbocycles. The number of nitrogens with one attached hydrogen (secondary N) is 1. The summed E-state index contributed by atoms with van der Waals surface area (Å²) in [5.74, 6) is 1.91. The summed E-state index contributed by atoms with van der Waals surface area (Å²) in [4.78, 5) is 14.8. The summed E-state index contributed by atoms with van der Waals surface area (Å²) >= 11 is 0. The molecule has 0 saturated heterocycles. The molecule has 6 nitrogen and oxygen atoms in total. The van der Waals surface area contributed by atoms with Crippen molar-refractivity contribution in [2.24, 2.45) is 0 Å². The lowest BCUT2D eigenvalue weighted by molar-refractivity contribution is 0.190. The molecule has 0 saturated carbocycles. The maximum Gasteiger partial charge on any atom is 0.404 e. The van der Waals surface area contributed by atoms with E-state index >= 15 is 0 Å². The molecule has 1 unspecified atom stereocenters. The lowest BCUT2D eigenvalue weighted by Crippen LogP contribution is -2.31. The Morgan fingerprint density at radius 1 is 1.12 bits per heavy atom. The molecule has 2 aromatic rings. The van der Waals surface area contributed by atoms with Crippen LogP contribution < -0.4 is 14.8 Å². The zero-order valence-electron chi connectivity index (χ0n) is 14.7. The Bertz CT molecular complexity index is 669. The number of amides is 1. The third kappa shape index (κ3) is 6.71. The molecule has 2 rings (SSSR count). The van der Waals surface area contributed by atoms with Crippen LogP contribution in [-0.2, 0) is 6.42 Å². The molecule has 0 fully saturated rings. The lowest BCUT2D eigenvalue weighted by Gasteiger charge is -2.12. The van der Waals surface area contributed by atoms with Gasteiger partial charge in [-0.2, -0.15) is 0 Å². The maximum atomic E-state index is 10.6. The van der Waals surface area contributed by atoms with Gasteiger partial charge in [0.2, 0.25) is 5.88 Å². The summed E-state index contributed by atoms with van der Waals surface area (Å²) in [5.41, 5.74) is 1.13. The fraction of sp³-hybridized carbons (Fsp3) is 0.368. The van der Waals surface area contributed by atoms with Crippen LogP contribution in [0.4, 0.5) is 4.79 Å². The minimum Gasteiger partial charge on any atom is -0.489 e. The largest absolute Gasteiger partial charge is 0.489 e. The van der Waals surface area contributed by atoms with E-state index in [4.69, 9.17) is 14.6 Å². The van der Waals surface area contributed by atoms with Crippen molar-refractivity contribution in [1.82, 2.24) is 10.3 Å². The number of benzene rings is 1. The van der Waals surface area contributed by atoms with Gasteiger partial charge in [0.25, 0.3) is 0 Å². The van der Waals surface area contributed by atoms with Gasteiger partial charge in [0.15, 0.2) is 0 Å². The Labute approximate surface area is 147 Å². The van der Waals surface area contributed by atoms with Gasteiger partial charge >= 0.3 is 6.09 Å². The molecule has 2 N–H and O–H groups in total. The molecule has 1 aromatic heterocycles. The number of hydrogen-bond acceptors (Lipinski definition) is 4. The van der Waals surface area contributed by atoms with E-state index in [1.165, 1.54) is 0 Å². The normalized spacial score (nSPS) is 11.8. The minimum absolute atomic E-state index is 0.0794. The highest BCUT2D eigenvalue weighted by molar-refractivity contribution is 5.64. The topological polar surface area (TPSA) is 80.7 Å². The van der Waals surface area contributed by atoms with Gasteiger partial charge in [-0.25, -0.2) is 9.78 Å². The Balaban J connectivity index is 1.86. The van der Waals surface area contributed by atoms with Crippen molar-refractivity contribution in [3.05, 3.63) is 48.2 Å². The fourth-order valence-electron chi connectivity index (χ4n) is 2.28. The summed E-state index contributed by atoms with van der Waals surface area (Å²) < 4.78 is 11.3. The first-order valence-electron chi connectivity index (χ1n) is 8.31. The molecule has 1 heterocycles. The van der Waals surface area contributed by atoms with Crippen molar-refractivity contribution in [3.63, 3.8) is 0 Å². The summed E-state index contributed by atoms with van der Waals surface area (Å²) in [6.45, 7) is 5.78. The minimum atomic E-state index is -0.992. The zero-order chi connectivity index (χ0) is 18.2. The average molecular weight is 344 g/mol. The van der Waals surface area contributed by atoms with Gasteiger partial charge in [-0.3, -0.25) is 0 Å². The molecular weight excluding hydrogens is 320 g/mol. The molecular formula is C19H24N2O4. The number of carbonyl (C=O) groups is 1. The van der Waals surface area contributed by atoms with E-state index in [1.807, 2.05) is 51.1 Å². The Hall–Kier alpha value is -2.76. The summed E-state index contributed by atoms with van der Waals surface area (Å²) in [7, 11) is 0. The van der Waals surface area contributed by atoms with E-state index in [9.17, 15) is 4.79 Å². The number of aromatic nitrogens is 1. The van der Waals surface area contributed by atoms with Crippen molar-refractivity contribution in [2.75, 3.05) is 0 Å². The number of ether oxygens (including phenoxy) is 2. The first-order valence-corrected chi connectivity index (χ1v) is 8.31. The summed E-state index contributed by atoms with van der Waals surface area (Å²) in [6, 6.07) is 11.2. The second kappa shape index (κ2) is 8.92. The predicted octanol–water partition coefficient (Wildman–Crippen LogP) is 4.25. The third-order valence-corrected chi connectivity index (χ3v) is 3.46. The van der Waals surface area contributed by atoms with Gasteiger partial charge in [-0.05, 0) is 57.4 Å². The first kappa shape index (κ1) is 18.6. The molecule has 1 aromatic carbocycles. The first-order chi connectivity index (χ1) is 11.9. The van der Waals surface area contributed by atoms with Gasteiger partial charge in [0.05, 0.1) is 12.3 Å². The summed E-state index contributed by atoms with van der Waals surface area (Å²) in [5, 5.41) is 11.1. The zero-order valence-corrected chi connectivity index (χ0v) is 14.7. The van der Waals surface area contributed by atoms with Crippen molar-refractivity contribution in [1.29, 1.82) is 0 Å². The van der Waals surface area contributed by atoms with Crippen molar-refractivity contribution >= 4 is 6.09 Å². The highest BCUT2D eigenvalue weighted by atomic mass is 16.5. The molecule has 0 radical (unpaired) electrons. The van der Waals surface area contributed by atoms with E-state index in [0.29, 0.717) is 17.4 Å².